The van der Waals surface area contributed by atoms with Gasteiger partial charge in [0, 0.05) is 12.6 Å². The standard InChI is InChI=1S/C14H14N2O3/c1-8-10(5-6-18-8)13(15)9-3-4-11-12(7-9)19-14(17)16(11)2/h3-7,13H,15H2,1-2H3. The molecule has 98 valence electrons. The minimum atomic E-state index is -0.375. The van der Waals surface area contributed by atoms with Crippen LogP contribution in [0.3, 0.4) is 0 Å². The number of hydrogen-bond acceptors (Lipinski definition) is 4. The molecule has 0 radical (unpaired) electrons. The number of rotatable bonds is 2. The summed E-state index contributed by atoms with van der Waals surface area (Å²) in [6.45, 7) is 1.87. The van der Waals surface area contributed by atoms with E-state index < -0.39 is 0 Å². The lowest BCUT2D eigenvalue weighted by Crippen LogP contribution is -2.12. The minimum absolute atomic E-state index is 0.298. The molecule has 19 heavy (non-hydrogen) atoms. The van der Waals surface area contributed by atoms with Crippen molar-refractivity contribution in [3.63, 3.8) is 0 Å². The largest absolute Gasteiger partial charge is 0.469 e. The first-order chi connectivity index (χ1) is 9.08. The Morgan fingerprint density at radius 3 is 2.79 bits per heavy atom. The zero-order valence-electron chi connectivity index (χ0n) is 10.7. The van der Waals surface area contributed by atoms with Gasteiger partial charge in [0.25, 0.3) is 0 Å². The van der Waals surface area contributed by atoms with Crippen molar-refractivity contribution in [3.8, 4) is 0 Å². The van der Waals surface area contributed by atoms with E-state index in [0.29, 0.717) is 5.58 Å². The van der Waals surface area contributed by atoms with Gasteiger partial charge in [-0.3, -0.25) is 4.57 Å². The first kappa shape index (κ1) is 11.8. The van der Waals surface area contributed by atoms with Crippen molar-refractivity contribution in [2.75, 3.05) is 0 Å². The summed E-state index contributed by atoms with van der Waals surface area (Å²) < 4.78 is 11.9. The van der Waals surface area contributed by atoms with E-state index in [1.807, 2.05) is 25.1 Å². The fourth-order valence-corrected chi connectivity index (χ4v) is 2.24. The molecule has 1 atom stereocenters. The van der Waals surface area contributed by atoms with Gasteiger partial charge >= 0.3 is 5.76 Å². The van der Waals surface area contributed by atoms with Gasteiger partial charge < -0.3 is 14.6 Å². The zero-order chi connectivity index (χ0) is 13.6. The highest BCUT2D eigenvalue weighted by Crippen LogP contribution is 2.25. The summed E-state index contributed by atoms with van der Waals surface area (Å²) in [7, 11) is 1.67. The number of fused-ring (bicyclic) bond motifs is 1. The van der Waals surface area contributed by atoms with E-state index in [1.165, 1.54) is 4.57 Å². The number of hydrogen-bond donors (Lipinski definition) is 1. The topological polar surface area (TPSA) is 74.3 Å². The molecule has 0 saturated heterocycles. The van der Waals surface area contributed by atoms with Crippen LogP contribution in [0.15, 0.2) is 44.2 Å². The number of benzene rings is 1. The van der Waals surface area contributed by atoms with Crippen LogP contribution in [0.1, 0.15) is 22.9 Å². The number of aromatic nitrogens is 1. The Bertz CT molecular complexity index is 794. The Hall–Kier alpha value is -2.27. The van der Waals surface area contributed by atoms with Gasteiger partial charge in [0.2, 0.25) is 0 Å². The fraction of sp³-hybridized carbons (Fsp3) is 0.214. The summed E-state index contributed by atoms with van der Waals surface area (Å²) in [6, 6.07) is 7.09. The lowest BCUT2D eigenvalue weighted by molar-refractivity contribution is 0.525. The number of nitrogens with two attached hydrogens (primary N) is 1. The second-order valence-electron chi connectivity index (χ2n) is 4.56. The van der Waals surface area contributed by atoms with Crippen molar-refractivity contribution in [1.82, 2.24) is 4.57 Å². The van der Waals surface area contributed by atoms with Gasteiger partial charge in [0.15, 0.2) is 5.58 Å². The van der Waals surface area contributed by atoms with E-state index in [0.717, 1.165) is 22.4 Å². The number of aryl methyl sites for hydroxylation is 2. The summed E-state index contributed by atoms with van der Waals surface area (Å²) in [6.07, 6.45) is 1.62. The van der Waals surface area contributed by atoms with E-state index in [9.17, 15) is 4.79 Å². The van der Waals surface area contributed by atoms with Crippen LogP contribution < -0.4 is 11.5 Å². The van der Waals surface area contributed by atoms with Gasteiger partial charge in [-0.05, 0) is 30.7 Å². The van der Waals surface area contributed by atoms with E-state index in [-0.39, 0.29) is 11.8 Å². The summed E-state index contributed by atoms with van der Waals surface area (Å²) in [5, 5.41) is 0. The Morgan fingerprint density at radius 1 is 1.32 bits per heavy atom. The predicted octanol–water partition coefficient (Wildman–Crippen LogP) is 2.08. The van der Waals surface area contributed by atoms with Crippen LogP contribution in [0, 0.1) is 6.92 Å². The molecular weight excluding hydrogens is 244 g/mol. The van der Waals surface area contributed by atoms with Gasteiger partial charge in [-0.15, -0.1) is 0 Å². The van der Waals surface area contributed by atoms with Crippen molar-refractivity contribution in [2.45, 2.75) is 13.0 Å². The molecule has 0 aliphatic carbocycles. The molecule has 2 aromatic heterocycles. The first-order valence-corrected chi connectivity index (χ1v) is 5.97. The molecule has 3 rings (SSSR count). The third-order valence-corrected chi connectivity index (χ3v) is 3.41. The van der Waals surface area contributed by atoms with Crippen molar-refractivity contribution < 1.29 is 8.83 Å². The fourth-order valence-electron chi connectivity index (χ4n) is 2.24. The van der Waals surface area contributed by atoms with Crippen LogP contribution in [-0.2, 0) is 7.05 Å². The number of furan rings is 1. The zero-order valence-corrected chi connectivity index (χ0v) is 10.7. The SMILES string of the molecule is Cc1occc1C(N)c1ccc2c(c1)oc(=O)n2C. The summed E-state index contributed by atoms with van der Waals surface area (Å²) >= 11 is 0. The maximum absolute atomic E-state index is 11.5. The second-order valence-corrected chi connectivity index (χ2v) is 4.56. The van der Waals surface area contributed by atoms with E-state index >= 15 is 0 Å². The molecule has 0 bridgehead atoms. The molecular formula is C14H14N2O3. The highest BCUT2D eigenvalue weighted by Gasteiger charge is 2.15. The Labute approximate surface area is 109 Å². The lowest BCUT2D eigenvalue weighted by atomic mass is 10.00. The highest BCUT2D eigenvalue weighted by molar-refractivity contribution is 5.74. The third-order valence-electron chi connectivity index (χ3n) is 3.41. The minimum Gasteiger partial charge on any atom is -0.469 e. The van der Waals surface area contributed by atoms with Crippen molar-refractivity contribution in [2.24, 2.45) is 12.8 Å². The average molecular weight is 258 g/mol. The summed E-state index contributed by atoms with van der Waals surface area (Å²) in [5.74, 6) is 0.419. The molecule has 3 aromatic rings. The monoisotopic (exact) mass is 258 g/mol. The van der Waals surface area contributed by atoms with Gasteiger partial charge in [0.05, 0.1) is 17.8 Å². The van der Waals surface area contributed by atoms with Crippen molar-refractivity contribution >= 4 is 11.1 Å². The molecule has 0 fully saturated rings. The highest BCUT2D eigenvalue weighted by atomic mass is 16.4. The van der Waals surface area contributed by atoms with Gasteiger partial charge in [0.1, 0.15) is 5.76 Å². The molecule has 0 spiro atoms. The first-order valence-electron chi connectivity index (χ1n) is 5.97. The quantitative estimate of drug-likeness (QED) is 0.763. The Kier molecular flexibility index (Phi) is 2.57. The molecule has 0 aliphatic heterocycles. The van der Waals surface area contributed by atoms with Gasteiger partial charge in [-0.25, -0.2) is 4.79 Å². The molecule has 0 aliphatic rings. The third kappa shape index (κ3) is 1.79. The van der Waals surface area contributed by atoms with Crippen LogP contribution in [-0.4, -0.2) is 4.57 Å². The van der Waals surface area contributed by atoms with Crippen LogP contribution in [0.5, 0.6) is 0 Å². The van der Waals surface area contributed by atoms with E-state index in [1.54, 1.807) is 19.4 Å². The molecule has 2 N–H and O–H groups in total. The van der Waals surface area contributed by atoms with Gasteiger partial charge in [-0.2, -0.15) is 0 Å². The Morgan fingerprint density at radius 2 is 2.11 bits per heavy atom. The smallest absolute Gasteiger partial charge is 0.419 e. The maximum Gasteiger partial charge on any atom is 0.419 e. The van der Waals surface area contributed by atoms with Gasteiger partial charge in [-0.1, -0.05) is 6.07 Å². The molecule has 5 heteroatoms. The average Bonchev–Trinajstić information content (AvgIpc) is 2.93. The Balaban J connectivity index is 2.11. The molecule has 5 nitrogen and oxygen atoms in total. The molecule has 1 aromatic carbocycles. The molecule has 0 amide bonds. The van der Waals surface area contributed by atoms with Crippen LogP contribution in [0.25, 0.3) is 11.1 Å². The molecule has 2 heterocycles. The van der Waals surface area contributed by atoms with Crippen LogP contribution in [0.2, 0.25) is 0 Å². The predicted molar refractivity (Wildman–Crippen MR) is 70.9 cm³/mol. The van der Waals surface area contributed by atoms with E-state index in [2.05, 4.69) is 0 Å². The van der Waals surface area contributed by atoms with Crippen LogP contribution >= 0.6 is 0 Å². The normalized spacial score (nSPS) is 13.0. The van der Waals surface area contributed by atoms with E-state index in [4.69, 9.17) is 14.6 Å². The van der Waals surface area contributed by atoms with Crippen LogP contribution in [0.4, 0.5) is 0 Å². The molecule has 1 unspecified atom stereocenters. The lowest BCUT2D eigenvalue weighted by Gasteiger charge is -2.10. The number of nitrogens with zero attached hydrogens (tertiary/aromatic N) is 1. The number of oxazole rings is 1. The second kappa shape index (κ2) is 4.13. The maximum atomic E-state index is 11.5. The summed E-state index contributed by atoms with van der Waals surface area (Å²) in [4.78, 5) is 11.5. The van der Waals surface area contributed by atoms with Crippen molar-refractivity contribution in [1.29, 1.82) is 0 Å². The van der Waals surface area contributed by atoms with Crippen molar-refractivity contribution in [3.05, 3.63) is 58.0 Å². The summed E-state index contributed by atoms with van der Waals surface area (Å²) in [5.41, 5.74) is 9.32. The molecule has 0 saturated carbocycles.